The Labute approximate surface area is 140 Å². The van der Waals surface area contributed by atoms with Crippen molar-refractivity contribution in [3.05, 3.63) is 47.4 Å². The van der Waals surface area contributed by atoms with Crippen LogP contribution in [-0.2, 0) is 0 Å². The summed E-state index contributed by atoms with van der Waals surface area (Å²) < 4.78 is 9.26. The molecule has 1 aromatic heterocycles. The van der Waals surface area contributed by atoms with E-state index in [-0.39, 0.29) is 12.1 Å². The van der Waals surface area contributed by atoms with E-state index in [4.69, 9.17) is 10.5 Å². The van der Waals surface area contributed by atoms with Crippen LogP contribution in [0.1, 0.15) is 29.0 Å². The average molecular weight is 468 g/mol. The molecule has 1 aliphatic heterocycles. The first-order chi connectivity index (χ1) is 9.04. The highest BCUT2D eigenvalue weighted by Gasteiger charge is 2.28. The van der Waals surface area contributed by atoms with Crippen LogP contribution in [0.2, 0.25) is 0 Å². The lowest BCUT2D eigenvalue weighted by atomic mass is 9.97. The van der Waals surface area contributed by atoms with Crippen LogP contribution in [0.3, 0.4) is 0 Å². The van der Waals surface area contributed by atoms with Gasteiger partial charge in [-0.3, -0.25) is 0 Å². The number of rotatable bonds is 1. The molecule has 1 unspecified atom stereocenters. The van der Waals surface area contributed by atoms with Gasteiger partial charge in [-0.1, -0.05) is 15.9 Å². The standard InChI is InChI=1S/C13H10Br3NOS/c14-6-1-2-10-7(3-6)9(17)5-11(18-10)12-4-8(15)13(16)19-12/h1-4,9,11H,5,17H2/t9-,11?/m0/s1. The molecule has 19 heavy (non-hydrogen) atoms. The Kier molecular flexibility index (Phi) is 4.06. The maximum absolute atomic E-state index is 6.27. The van der Waals surface area contributed by atoms with Gasteiger partial charge in [0.1, 0.15) is 11.9 Å². The van der Waals surface area contributed by atoms with Crippen molar-refractivity contribution in [2.45, 2.75) is 18.6 Å². The van der Waals surface area contributed by atoms with Gasteiger partial charge in [-0.05, 0) is 56.1 Å². The molecule has 1 aromatic carbocycles. The lowest BCUT2D eigenvalue weighted by Crippen LogP contribution is -2.23. The predicted octanol–water partition coefficient (Wildman–Crippen LogP) is 5.56. The third-order valence-corrected chi connectivity index (χ3v) is 6.93. The maximum atomic E-state index is 6.27. The molecule has 2 aromatic rings. The van der Waals surface area contributed by atoms with Crippen LogP contribution < -0.4 is 10.5 Å². The monoisotopic (exact) mass is 465 g/mol. The van der Waals surface area contributed by atoms with Crippen LogP contribution in [0.15, 0.2) is 37.0 Å². The molecule has 6 heteroatoms. The van der Waals surface area contributed by atoms with Gasteiger partial charge in [0, 0.05) is 31.8 Å². The Morgan fingerprint density at radius 3 is 2.68 bits per heavy atom. The molecule has 1 aliphatic rings. The highest BCUT2D eigenvalue weighted by molar-refractivity contribution is 9.13. The van der Waals surface area contributed by atoms with Crippen molar-refractivity contribution >= 4 is 59.1 Å². The molecule has 0 radical (unpaired) electrons. The zero-order valence-corrected chi connectivity index (χ0v) is 15.3. The third-order valence-electron chi connectivity index (χ3n) is 3.09. The molecule has 0 spiro atoms. The van der Waals surface area contributed by atoms with Gasteiger partial charge >= 0.3 is 0 Å². The average Bonchev–Trinajstić information content (AvgIpc) is 2.70. The van der Waals surface area contributed by atoms with Crippen LogP contribution in [-0.4, -0.2) is 0 Å². The first-order valence-corrected chi connectivity index (χ1v) is 8.90. The van der Waals surface area contributed by atoms with Crippen molar-refractivity contribution in [2.24, 2.45) is 5.73 Å². The Bertz CT molecular complexity index is 609. The van der Waals surface area contributed by atoms with Crippen molar-refractivity contribution in [3.63, 3.8) is 0 Å². The van der Waals surface area contributed by atoms with E-state index in [9.17, 15) is 0 Å². The first kappa shape index (κ1) is 14.1. The number of hydrogen-bond donors (Lipinski definition) is 1. The fraction of sp³-hybridized carbons (Fsp3) is 0.231. The molecule has 3 rings (SSSR count). The van der Waals surface area contributed by atoms with Crippen LogP contribution in [0, 0.1) is 0 Å². The van der Waals surface area contributed by atoms with Gasteiger partial charge < -0.3 is 10.5 Å². The summed E-state index contributed by atoms with van der Waals surface area (Å²) in [6.07, 6.45) is 0.819. The van der Waals surface area contributed by atoms with Crippen molar-refractivity contribution in [3.8, 4) is 5.75 Å². The van der Waals surface area contributed by atoms with Crippen LogP contribution in [0.5, 0.6) is 5.75 Å². The number of thiophene rings is 1. The van der Waals surface area contributed by atoms with Crippen molar-refractivity contribution in [2.75, 3.05) is 0 Å². The maximum Gasteiger partial charge on any atom is 0.135 e. The molecule has 2 nitrogen and oxygen atoms in total. The normalized spacial score (nSPS) is 21.9. The van der Waals surface area contributed by atoms with E-state index in [0.717, 1.165) is 30.5 Å². The summed E-state index contributed by atoms with van der Waals surface area (Å²) in [5, 5.41) is 0. The van der Waals surface area contributed by atoms with Gasteiger partial charge in [0.25, 0.3) is 0 Å². The highest BCUT2D eigenvalue weighted by Crippen LogP contribution is 2.44. The van der Waals surface area contributed by atoms with Crippen LogP contribution in [0.4, 0.5) is 0 Å². The third kappa shape index (κ3) is 2.78. The largest absolute Gasteiger partial charge is 0.484 e. The Balaban J connectivity index is 1.94. The molecule has 100 valence electrons. The minimum absolute atomic E-state index is 0.00546. The molecule has 2 heterocycles. The zero-order valence-electron chi connectivity index (χ0n) is 9.70. The molecule has 0 saturated heterocycles. The van der Waals surface area contributed by atoms with Crippen LogP contribution >= 0.6 is 59.1 Å². The molecule has 2 atom stereocenters. The van der Waals surface area contributed by atoms with E-state index in [0.29, 0.717) is 0 Å². The molecular formula is C13H10Br3NOS. The summed E-state index contributed by atoms with van der Waals surface area (Å²) in [6.45, 7) is 0. The van der Waals surface area contributed by atoms with Crippen molar-refractivity contribution in [1.82, 2.24) is 0 Å². The number of fused-ring (bicyclic) bond motifs is 1. The van der Waals surface area contributed by atoms with Crippen molar-refractivity contribution in [1.29, 1.82) is 0 Å². The van der Waals surface area contributed by atoms with E-state index >= 15 is 0 Å². The molecule has 0 aliphatic carbocycles. The van der Waals surface area contributed by atoms with Gasteiger partial charge in [-0.2, -0.15) is 0 Å². The number of hydrogen-bond acceptors (Lipinski definition) is 3. The van der Waals surface area contributed by atoms with E-state index in [1.54, 1.807) is 11.3 Å². The summed E-state index contributed by atoms with van der Waals surface area (Å²) in [5.74, 6) is 0.882. The van der Waals surface area contributed by atoms with E-state index in [2.05, 4.69) is 53.9 Å². The second-order valence-electron chi connectivity index (χ2n) is 4.40. The lowest BCUT2D eigenvalue weighted by molar-refractivity contribution is 0.165. The first-order valence-electron chi connectivity index (χ1n) is 5.71. The smallest absolute Gasteiger partial charge is 0.135 e. The molecule has 0 bridgehead atoms. The Hall–Kier alpha value is 0.120. The summed E-state index contributed by atoms with van der Waals surface area (Å²) in [4.78, 5) is 1.18. The summed E-state index contributed by atoms with van der Waals surface area (Å²) >= 11 is 12.2. The fourth-order valence-corrected chi connectivity index (χ4v) is 4.68. The quantitative estimate of drug-likeness (QED) is 0.596. The lowest BCUT2D eigenvalue weighted by Gasteiger charge is -2.29. The number of ether oxygens (including phenoxy) is 1. The van der Waals surface area contributed by atoms with E-state index < -0.39 is 0 Å². The van der Waals surface area contributed by atoms with E-state index in [1.807, 2.05) is 18.2 Å². The van der Waals surface area contributed by atoms with Gasteiger partial charge in [0.15, 0.2) is 0 Å². The number of halogens is 3. The van der Waals surface area contributed by atoms with Crippen molar-refractivity contribution < 1.29 is 4.74 Å². The summed E-state index contributed by atoms with van der Waals surface area (Å²) in [7, 11) is 0. The Morgan fingerprint density at radius 2 is 2.00 bits per heavy atom. The Morgan fingerprint density at radius 1 is 1.21 bits per heavy atom. The molecule has 0 fully saturated rings. The summed E-state index contributed by atoms with van der Waals surface area (Å²) in [6, 6.07) is 8.09. The van der Waals surface area contributed by atoms with Gasteiger partial charge in [0.05, 0.1) is 3.79 Å². The number of nitrogens with two attached hydrogens (primary N) is 1. The minimum Gasteiger partial charge on any atom is -0.484 e. The van der Waals surface area contributed by atoms with Gasteiger partial charge in [0.2, 0.25) is 0 Å². The number of benzene rings is 1. The van der Waals surface area contributed by atoms with E-state index in [1.165, 1.54) is 4.88 Å². The summed E-state index contributed by atoms with van der Waals surface area (Å²) in [5.41, 5.74) is 7.34. The topological polar surface area (TPSA) is 35.2 Å². The molecule has 0 saturated carbocycles. The fourth-order valence-electron chi connectivity index (χ4n) is 2.17. The second-order valence-corrected chi connectivity index (χ2v) is 8.57. The molecule has 2 N–H and O–H groups in total. The zero-order chi connectivity index (χ0) is 13.6. The predicted molar refractivity (Wildman–Crippen MR) is 88.8 cm³/mol. The van der Waals surface area contributed by atoms with Gasteiger partial charge in [-0.15, -0.1) is 11.3 Å². The molecular weight excluding hydrogens is 458 g/mol. The molecule has 0 amide bonds. The SMILES string of the molecule is N[C@H]1CC(c2cc(Br)c(Br)s2)Oc2ccc(Br)cc21. The second kappa shape index (κ2) is 5.48. The van der Waals surface area contributed by atoms with Gasteiger partial charge in [-0.25, -0.2) is 0 Å². The van der Waals surface area contributed by atoms with Crippen LogP contribution in [0.25, 0.3) is 0 Å². The highest BCUT2D eigenvalue weighted by atomic mass is 79.9. The minimum atomic E-state index is 0.00546.